The Kier molecular flexibility index (Phi) is 3.23. The van der Waals surface area contributed by atoms with Crippen molar-refractivity contribution in [2.45, 2.75) is 0 Å². The lowest BCUT2D eigenvalue weighted by Crippen LogP contribution is -2.17. The Labute approximate surface area is 137 Å². The molecular formula is C18H15N3O3. The molecule has 2 heterocycles. The number of carbonyl (C=O) groups is 1. The van der Waals surface area contributed by atoms with E-state index in [9.17, 15) is 4.79 Å². The maximum Gasteiger partial charge on any atom is 0.338 e. The SMILES string of the molecule is COc1ccc2c(c1)c1cc(OC)ccc1n2C(=O)n1ccnc1. The highest BCUT2D eigenvalue weighted by Crippen LogP contribution is 2.34. The maximum absolute atomic E-state index is 12.9. The molecule has 4 rings (SSSR count). The number of benzene rings is 2. The largest absolute Gasteiger partial charge is 0.497 e. The topological polar surface area (TPSA) is 58.3 Å². The van der Waals surface area contributed by atoms with Gasteiger partial charge in [-0.05, 0) is 36.4 Å². The van der Waals surface area contributed by atoms with Crippen LogP contribution in [-0.4, -0.2) is 34.4 Å². The number of hydrogen-bond donors (Lipinski definition) is 0. The van der Waals surface area contributed by atoms with Crippen LogP contribution in [0.5, 0.6) is 11.5 Å². The van der Waals surface area contributed by atoms with Crippen LogP contribution < -0.4 is 9.47 Å². The van der Waals surface area contributed by atoms with Crippen LogP contribution in [0.1, 0.15) is 0 Å². The van der Waals surface area contributed by atoms with Crippen LogP contribution in [0.2, 0.25) is 0 Å². The van der Waals surface area contributed by atoms with Gasteiger partial charge in [-0.15, -0.1) is 0 Å². The average molecular weight is 321 g/mol. The summed E-state index contributed by atoms with van der Waals surface area (Å²) in [5.41, 5.74) is 1.61. The molecule has 0 fully saturated rings. The van der Waals surface area contributed by atoms with Gasteiger partial charge in [0.1, 0.15) is 17.8 Å². The number of fused-ring (bicyclic) bond motifs is 3. The lowest BCUT2D eigenvalue weighted by atomic mass is 10.1. The Bertz CT molecular complexity index is 987. The summed E-state index contributed by atoms with van der Waals surface area (Å²) in [5, 5.41) is 1.86. The van der Waals surface area contributed by atoms with Crippen molar-refractivity contribution in [1.29, 1.82) is 0 Å². The highest BCUT2D eigenvalue weighted by molar-refractivity contribution is 6.14. The third-order valence-electron chi connectivity index (χ3n) is 4.10. The molecule has 0 saturated heterocycles. The first-order chi connectivity index (χ1) is 11.7. The first kappa shape index (κ1) is 14.3. The third-order valence-corrected chi connectivity index (χ3v) is 4.10. The predicted molar refractivity (Wildman–Crippen MR) is 91.0 cm³/mol. The molecule has 0 spiro atoms. The average Bonchev–Trinajstić information content (AvgIpc) is 3.26. The fourth-order valence-electron chi connectivity index (χ4n) is 2.93. The zero-order chi connectivity index (χ0) is 16.7. The van der Waals surface area contributed by atoms with E-state index in [2.05, 4.69) is 4.98 Å². The van der Waals surface area contributed by atoms with Crippen molar-refractivity contribution < 1.29 is 14.3 Å². The van der Waals surface area contributed by atoms with Crippen molar-refractivity contribution in [2.75, 3.05) is 14.2 Å². The van der Waals surface area contributed by atoms with Crippen molar-refractivity contribution in [2.24, 2.45) is 0 Å². The van der Waals surface area contributed by atoms with E-state index >= 15 is 0 Å². The number of methoxy groups -OCH3 is 2. The molecule has 2 aromatic heterocycles. The molecule has 0 aliphatic rings. The van der Waals surface area contributed by atoms with Gasteiger partial charge in [0.2, 0.25) is 0 Å². The van der Waals surface area contributed by atoms with Gasteiger partial charge in [0.05, 0.1) is 25.3 Å². The summed E-state index contributed by atoms with van der Waals surface area (Å²) in [6.45, 7) is 0. The lowest BCUT2D eigenvalue weighted by Gasteiger charge is -2.07. The molecule has 0 aliphatic carbocycles. The van der Waals surface area contributed by atoms with E-state index in [4.69, 9.17) is 9.47 Å². The molecule has 0 saturated carbocycles. The van der Waals surface area contributed by atoms with Crippen molar-refractivity contribution in [1.82, 2.24) is 14.1 Å². The fourth-order valence-corrected chi connectivity index (χ4v) is 2.93. The minimum absolute atomic E-state index is 0.192. The van der Waals surface area contributed by atoms with E-state index in [-0.39, 0.29) is 6.03 Å². The molecule has 0 unspecified atom stereocenters. The highest BCUT2D eigenvalue weighted by atomic mass is 16.5. The molecular weight excluding hydrogens is 306 g/mol. The second-order valence-electron chi connectivity index (χ2n) is 5.35. The number of rotatable bonds is 2. The number of aromatic nitrogens is 3. The molecule has 0 N–H and O–H groups in total. The van der Waals surface area contributed by atoms with Gasteiger partial charge in [0.25, 0.3) is 0 Å². The standard InChI is InChI=1S/C18H15N3O3/c1-23-12-3-5-16-14(9-12)15-10-13(24-2)4-6-17(15)21(16)18(22)20-8-7-19-11-20/h3-11H,1-2H3. The molecule has 0 amide bonds. The summed E-state index contributed by atoms with van der Waals surface area (Å²) < 4.78 is 13.8. The lowest BCUT2D eigenvalue weighted by molar-refractivity contribution is 0.245. The number of nitrogens with zero attached hydrogens (tertiary/aromatic N) is 3. The second-order valence-corrected chi connectivity index (χ2v) is 5.35. The van der Waals surface area contributed by atoms with E-state index < -0.39 is 0 Å². The van der Waals surface area contributed by atoms with Crippen molar-refractivity contribution in [3.8, 4) is 11.5 Å². The van der Waals surface area contributed by atoms with Gasteiger partial charge in [-0.2, -0.15) is 0 Å². The van der Waals surface area contributed by atoms with Crippen LogP contribution in [0.3, 0.4) is 0 Å². The zero-order valence-electron chi connectivity index (χ0n) is 13.3. The zero-order valence-corrected chi connectivity index (χ0v) is 13.3. The summed E-state index contributed by atoms with van der Waals surface area (Å²) >= 11 is 0. The van der Waals surface area contributed by atoms with Gasteiger partial charge in [-0.25, -0.2) is 9.78 Å². The minimum atomic E-state index is -0.192. The van der Waals surface area contributed by atoms with Crippen LogP contribution in [0, 0.1) is 0 Å². The number of hydrogen-bond acceptors (Lipinski definition) is 4. The molecule has 6 heteroatoms. The normalized spacial score (nSPS) is 11.1. The number of imidazole rings is 1. The summed E-state index contributed by atoms with van der Waals surface area (Å²) in [6.07, 6.45) is 4.71. The van der Waals surface area contributed by atoms with Crippen LogP contribution in [0.4, 0.5) is 4.79 Å². The van der Waals surface area contributed by atoms with Gasteiger partial charge < -0.3 is 9.47 Å². The molecule has 0 radical (unpaired) electrons. The van der Waals surface area contributed by atoms with Gasteiger partial charge in [-0.3, -0.25) is 9.13 Å². The Morgan fingerprint density at radius 3 is 2.00 bits per heavy atom. The van der Waals surface area contributed by atoms with Crippen molar-refractivity contribution >= 4 is 27.8 Å². The Morgan fingerprint density at radius 2 is 1.54 bits per heavy atom. The Balaban J connectivity index is 2.08. The molecule has 0 atom stereocenters. The molecule has 0 bridgehead atoms. The Morgan fingerprint density at radius 1 is 0.958 bits per heavy atom. The minimum Gasteiger partial charge on any atom is -0.497 e. The highest BCUT2D eigenvalue weighted by Gasteiger charge is 2.18. The van der Waals surface area contributed by atoms with E-state index in [1.54, 1.807) is 31.2 Å². The molecule has 120 valence electrons. The predicted octanol–water partition coefficient (Wildman–Crippen LogP) is 3.52. The van der Waals surface area contributed by atoms with E-state index in [0.717, 1.165) is 33.3 Å². The fraction of sp³-hybridized carbons (Fsp3) is 0.111. The van der Waals surface area contributed by atoms with Crippen LogP contribution >= 0.6 is 0 Å². The van der Waals surface area contributed by atoms with Gasteiger partial charge in [0.15, 0.2) is 0 Å². The van der Waals surface area contributed by atoms with Crippen LogP contribution in [-0.2, 0) is 0 Å². The monoisotopic (exact) mass is 321 g/mol. The maximum atomic E-state index is 12.9. The Hall–Kier alpha value is -3.28. The molecule has 0 aliphatic heterocycles. The van der Waals surface area contributed by atoms with E-state index in [0.29, 0.717) is 0 Å². The molecule has 4 aromatic rings. The van der Waals surface area contributed by atoms with Crippen molar-refractivity contribution in [3.63, 3.8) is 0 Å². The molecule has 2 aromatic carbocycles. The summed E-state index contributed by atoms with van der Waals surface area (Å²) in [6, 6.07) is 11.1. The molecule has 6 nitrogen and oxygen atoms in total. The summed E-state index contributed by atoms with van der Waals surface area (Å²) in [7, 11) is 3.25. The smallest absolute Gasteiger partial charge is 0.338 e. The van der Waals surface area contributed by atoms with Crippen molar-refractivity contribution in [3.05, 3.63) is 55.1 Å². The summed E-state index contributed by atoms with van der Waals surface area (Å²) in [4.78, 5) is 16.9. The number of carbonyl (C=O) groups excluding carboxylic acids is 1. The van der Waals surface area contributed by atoms with Gasteiger partial charge in [-0.1, -0.05) is 0 Å². The second kappa shape index (κ2) is 5.42. The quantitative estimate of drug-likeness (QED) is 0.567. The van der Waals surface area contributed by atoms with E-state index in [1.165, 1.54) is 10.9 Å². The molecule has 24 heavy (non-hydrogen) atoms. The van der Waals surface area contributed by atoms with Gasteiger partial charge in [0, 0.05) is 23.2 Å². The van der Waals surface area contributed by atoms with Crippen LogP contribution in [0.15, 0.2) is 55.1 Å². The number of ether oxygens (including phenoxy) is 2. The van der Waals surface area contributed by atoms with Gasteiger partial charge >= 0.3 is 6.03 Å². The first-order valence-corrected chi connectivity index (χ1v) is 7.42. The van der Waals surface area contributed by atoms with E-state index in [1.807, 2.05) is 36.4 Å². The first-order valence-electron chi connectivity index (χ1n) is 7.42. The summed E-state index contributed by atoms with van der Waals surface area (Å²) in [5.74, 6) is 1.47. The third kappa shape index (κ3) is 2.04. The van der Waals surface area contributed by atoms with Crippen LogP contribution in [0.25, 0.3) is 21.8 Å².